The van der Waals surface area contributed by atoms with Crippen LogP contribution < -0.4 is 0 Å². The standard InChI is InChI=1S/C58H61N3O/c1-55(2,3)43-25-21-39(22-26-43)40-29-30-59-50(34-40)42-31-41(32-44(33-42)56(4,5)6)47-19-16-20-51-52(47)60-54(48-35-45(57(7,8)9)36-49(53(48)62)58(10,11)12)61(51)46-27-23-38(24-28-46)37-17-14-13-15-18-37/h13-36,62H,1-12H3/i7D3,8D3,9D3,10D3,11D3,12D3. The van der Waals surface area contributed by atoms with Crippen LogP contribution in [0.2, 0.25) is 0 Å². The summed E-state index contributed by atoms with van der Waals surface area (Å²) in [6, 6.07) is 40.7. The first-order valence-corrected chi connectivity index (χ1v) is 20.5. The zero-order valence-electron chi connectivity index (χ0n) is 53.6. The van der Waals surface area contributed by atoms with E-state index in [1.807, 2.05) is 81.4 Å². The van der Waals surface area contributed by atoms with Gasteiger partial charge in [0.2, 0.25) is 0 Å². The molecule has 0 fully saturated rings. The highest BCUT2D eigenvalue weighted by atomic mass is 16.3. The molecule has 0 spiro atoms. The lowest BCUT2D eigenvalue weighted by Crippen LogP contribution is -2.17. The normalized spacial score (nSPS) is 18.1. The molecular formula is C58H61N3O. The molecule has 0 amide bonds. The van der Waals surface area contributed by atoms with Crippen LogP contribution in [0.1, 0.15) is 130 Å². The van der Waals surface area contributed by atoms with E-state index < -0.39 is 85.6 Å². The van der Waals surface area contributed by atoms with Gasteiger partial charge in [-0.05, 0) is 115 Å². The Kier molecular flexibility index (Phi) is 6.44. The fourth-order valence-corrected chi connectivity index (χ4v) is 7.81. The third-order valence-electron chi connectivity index (χ3n) is 11.4. The molecule has 0 aliphatic carbocycles. The van der Waals surface area contributed by atoms with Gasteiger partial charge in [-0.2, -0.15) is 0 Å². The largest absolute Gasteiger partial charge is 0.507 e. The average Bonchev–Trinajstić information content (AvgIpc) is 3.74. The van der Waals surface area contributed by atoms with Crippen molar-refractivity contribution in [1.29, 1.82) is 0 Å². The summed E-state index contributed by atoms with van der Waals surface area (Å²) in [5, 5.41) is 12.9. The fraction of sp³-hybridized carbons (Fsp3) is 0.276. The number of imidazole rings is 1. The second kappa shape index (κ2) is 15.6. The van der Waals surface area contributed by atoms with Crippen molar-refractivity contribution < 1.29 is 29.8 Å². The van der Waals surface area contributed by atoms with Crippen molar-refractivity contribution >= 4 is 11.0 Å². The highest BCUT2D eigenvalue weighted by molar-refractivity contribution is 5.97. The first kappa shape index (κ1) is 25.6. The molecule has 0 bridgehead atoms. The van der Waals surface area contributed by atoms with Gasteiger partial charge in [0.25, 0.3) is 0 Å². The van der Waals surface area contributed by atoms with Gasteiger partial charge >= 0.3 is 0 Å². The van der Waals surface area contributed by atoms with E-state index in [4.69, 9.17) is 34.6 Å². The maximum atomic E-state index is 12.9. The maximum Gasteiger partial charge on any atom is 0.149 e. The first-order chi connectivity index (χ1) is 36.7. The number of phenols is 1. The summed E-state index contributed by atoms with van der Waals surface area (Å²) in [6.45, 7) is -11.8. The zero-order valence-corrected chi connectivity index (χ0v) is 35.6. The quantitative estimate of drug-likeness (QED) is 0.182. The second-order valence-corrected chi connectivity index (χ2v) is 18.1. The van der Waals surface area contributed by atoms with Gasteiger partial charge in [0.05, 0.1) is 22.3 Å². The summed E-state index contributed by atoms with van der Waals surface area (Å²) in [6.07, 6.45) is 1.73. The number of aromatic hydroxyl groups is 1. The minimum Gasteiger partial charge on any atom is -0.507 e. The van der Waals surface area contributed by atoms with E-state index in [0.29, 0.717) is 34.1 Å². The lowest BCUT2D eigenvalue weighted by molar-refractivity contribution is 0.446. The Hall–Kier alpha value is -6.26. The van der Waals surface area contributed by atoms with Gasteiger partial charge in [-0.1, -0.05) is 174 Å². The Labute approximate surface area is 394 Å². The van der Waals surface area contributed by atoms with Crippen LogP contribution in [-0.2, 0) is 21.7 Å². The van der Waals surface area contributed by atoms with Crippen molar-refractivity contribution in [2.24, 2.45) is 0 Å². The van der Waals surface area contributed by atoms with Gasteiger partial charge < -0.3 is 5.11 Å². The molecule has 1 N–H and O–H groups in total. The van der Waals surface area contributed by atoms with Crippen molar-refractivity contribution in [3.8, 4) is 67.5 Å². The Balaban J connectivity index is 1.52. The van der Waals surface area contributed by atoms with Crippen LogP contribution in [0.25, 0.3) is 72.7 Å². The van der Waals surface area contributed by atoms with Crippen LogP contribution in [0.4, 0.5) is 0 Å². The number of aromatic nitrogens is 3. The van der Waals surface area contributed by atoms with Gasteiger partial charge in [0.15, 0.2) is 0 Å². The summed E-state index contributed by atoms with van der Waals surface area (Å²) in [5.41, 5.74) is -3.23. The predicted octanol–water partition coefficient (Wildman–Crippen LogP) is 15.7. The van der Waals surface area contributed by atoms with Crippen LogP contribution >= 0.6 is 0 Å². The Morgan fingerprint density at radius 1 is 0.484 bits per heavy atom. The van der Waals surface area contributed by atoms with Crippen molar-refractivity contribution in [2.75, 3.05) is 0 Å². The summed E-state index contributed by atoms with van der Waals surface area (Å²) >= 11 is 0. The van der Waals surface area contributed by atoms with Crippen molar-refractivity contribution in [3.63, 3.8) is 0 Å². The number of hydrogen-bond acceptors (Lipinski definition) is 3. The van der Waals surface area contributed by atoms with Crippen LogP contribution in [0, 0.1) is 0 Å². The zero-order chi connectivity index (χ0) is 59.4. The molecule has 4 heteroatoms. The number of fused-ring (bicyclic) bond motifs is 1. The highest BCUT2D eigenvalue weighted by Gasteiger charge is 2.29. The monoisotopic (exact) mass is 834 g/mol. The fourth-order valence-electron chi connectivity index (χ4n) is 7.81. The van der Waals surface area contributed by atoms with Crippen molar-refractivity contribution in [2.45, 2.75) is 104 Å². The molecule has 0 atom stereocenters. The molecule has 314 valence electrons. The number of nitrogens with zero attached hydrogens (tertiary/aromatic N) is 3. The number of hydrogen-bond donors (Lipinski definition) is 1. The minimum absolute atomic E-state index is 0.0541. The second-order valence-electron chi connectivity index (χ2n) is 18.1. The van der Waals surface area contributed by atoms with Crippen molar-refractivity contribution in [1.82, 2.24) is 14.5 Å². The van der Waals surface area contributed by atoms with Crippen molar-refractivity contribution in [3.05, 3.63) is 168 Å². The first-order valence-electron chi connectivity index (χ1n) is 29.5. The minimum atomic E-state index is -4.11. The smallest absolute Gasteiger partial charge is 0.149 e. The molecule has 8 rings (SSSR count). The number of phenolic OH excluding ortho intramolecular Hbond substituents is 1. The number of para-hydroxylation sites is 1. The summed E-state index contributed by atoms with van der Waals surface area (Å²) in [7, 11) is 0. The molecule has 0 saturated heterocycles. The van der Waals surface area contributed by atoms with E-state index in [1.54, 1.807) is 48.7 Å². The van der Waals surface area contributed by atoms with E-state index in [2.05, 4.69) is 45.0 Å². The van der Waals surface area contributed by atoms with E-state index in [1.165, 1.54) is 10.1 Å². The highest BCUT2D eigenvalue weighted by Crippen LogP contribution is 2.45. The molecule has 62 heavy (non-hydrogen) atoms. The van der Waals surface area contributed by atoms with Crippen LogP contribution in [-0.4, -0.2) is 19.6 Å². The molecule has 2 heterocycles. The Bertz CT molecular complexity index is 3520. The molecular weight excluding hydrogens is 755 g/mol. The summed E-state index contributed by atoms with van der Waals surface area (Å²) < 4.78 is 158. The molecule has 0 unspecified atom stereocenters. The number of pyridine rings is 1. The van der Waals surface area contributed by atoms with Gasteiger partial charge in [-0.15, -0.1) is 0 Å². The van der Waals surface area contributed by atoms with Gasteiger partial charge in [0.1, 0.15) is 11.6 Å². The molecule has 0 radical (unpaired) electrons. The predicted molar refractivity (Wildman–Crippen MR) is 263 cm³/mol. The van der Waals surface area contributed by atoms with E-state index in [9.17, 15) is 5.11 Å². The molecule has 0 saturated carbocycles. The van der Waals surface area contributed by atoms with E-state index >= 15 is 0 Å². The van der Waals surface area contributed by atoms with Crippen LogP contribution in [0.3, 0.4) is 0 Å². The van der Waals surface area contributed by atoms with Gasteiger partial charge in [-0.3, -0.25) is 9.55 Å². The number of rotatable bonds is 6. The molecule has 0 aliphatic heterocycles. The van der Waals surface area contributed by atoms with Gasteiger partial charge in [-0.25, -0.2) is 4.98 Å². The maximum absolute atomic E-state index is 12.9. The third kappa shape index (κ3) is 8.36. The SMILES string of the molecule is [2H]C([2H])([2H])C(c1cc(-c2nc3c(-c4cc(-c5cc(-c6ccc(C(C)(C)C)cc6)ccn5)cc(C(C)(C)C)c4)cccc3n2-c2ccc(-c3ccccc3)cc2)c(O)c(C(C([2H])([2H])[2H])(C([2H])([2H])[2H])C([2H])([2H])[2H])c1)(C([2H])([2H])[2H])C([2H])([2H])[2H]. The van der Waals surface area contributed by atoms with Crippen LogP contribution in [0.15, 0.2) is 146 Å². The molecule has 2 aromatic heterocycles. The van der Waals surface area contributed by atoms with Gasteiger partial charge in [0, 0.05) is 53.2 Å². The van der Waals surface area contributed by atoms with Crippen LogP contribution in [0.5, 0.6) is 5.75 Å². The van der Waals surface area contributed by atoms with E-state index in [0.717, 1.165) is 39.4 Å². The summed E-state index contributed by atoms with van der Waals surface area (Å²) in [5.74, 6) is -1.74. The third-order valence-corrected chi connectivity index (χ3v) is 11.4. The summed E-state index contributed by atoms with van der Waals surface area (Å²) in [4.78, 5) is 9.93. The Morgan fingerprint density at radius 2 is 1.10 bits per heavy atom. The molecule has 8 aromatic rings. The average molecular weight is 834 g/mol. The topological polar surface area (TPSA) is 50.9 Å². The molecule has 0 aliphatic rings. The lowest BCUT2D eigenvalue weighted by atomic mass is 9.79. The Morgan fingerprint density at radius 3 is 1.76 bits per heavy atom. The molecule has 6 aromatic carbocycles. The number of benzene rings is 6. The van der Waals surface area contributed by atoms with E-state index in [-0.39, 0.29) is 10.9 Å². The molecule has 4 nitrogen and oxygen atoms in total. The lowest BCUT2D eigenvalue weighted by Gasteiger charge is -2.27.